The molecule has 0 radical (unpaired) electrons. The lowest BCUT2D eigenvalue weighted by Gasteiger charge is -2.20. The number of nitrogens with zero attached hydrogens (tertiary/aromatic N) is 1. The average molecular weight is 437 g/mol. The first-order chi connectivity index (χ1) is 13.7. The van der Waals surface area contributed by atoms with Crippen molar-refractivity contribution in [3.63, 3.8) is 0 Å². The number of thiazole rings is 1. The number of sulfone groups is 1. The molecule has 0 spiro atoms. The minimum atomic E-state index is -3.30. The molecule has 1 aromatic heterocycles. The van der Waals surface area contributed by atoms with E-state index in [4.69, 9.17) is 5.11 Å². The molecule has 3 rings (SSSR count). The first kappa shape index (κ1) is 21.4. The number of carboxylic acid groups (broad SMARTS) is 1. The van der Waals surface area contributed by atoms with Gasteiger partial charge in [-0.05, 0) is 30.0 Å². The van der Waals surface area contributed by atoms with Crippen LogP contribution in [0.5, 0.6) is 0 Å². The van der Waals surface area contributed by atoms with Crippen molar-refractivity contribution >= 4 is 38.2 Å². The Labute approximate surface area is 174 Å². The minimum Gasteiger partial charge on any atom is -0.481 e. The molecule has 1 atom stereocenters. The molecule has 0 saturated heterocycles. The fraction of sp³-hybridized carbons (Fsp3) is 0.450. The van der Waals surface area contributed by atoms with E-state index < -0.39 is 21.7 Å². The first-order valence-electron chi connectivity index (χ1n) is 9.49. The summed E-state index contributed by atoms with van der Waals surface area (Å²) in [5.74, 6) is -1.14. The topological polar surface area (TPSA) is 113 Å². The van der Waals surface area contributed by atoms with Gasteiger partial charge in [0.2, 0.25) is 5.91 Å². The molecule has 156 valence electrons. The monoisotopic (exact) mass is 436 g/mol. The van der Waals surface area contributed by atoms with Gasteiger partial charge in [-0.3, -0.25) is 9.59 Å². The van der Waals surface area contributed by atoms with Crippen LogP contribution in [0.2, 0.25) is 0 Å². The summed E-state index contributed by atoms with van der Waals surface area (Å²) in [6.07, 6.45) is 6.16. The van der Waals surface area contributed by atoms with Crippen molar-refractivity contribution in [1.29, 1.82) is 0 Å². The van der Waals surface area contributed by atoms with Crippen molar-refractivity contribution in [1.82, 2.24) is 4.98 Å². The van der Waals surface area contributed by atoms with Crippen LogP contribution in [0.4, 0.5) is 5.13 Å². The number of benzene rings is 1. The Balaban J connectivity index is 1.79. The fourth-order valence-electron chi connectivity index (χ4n) is 3.71. The third-order valence-electron chi connectivity index (χ3n) is 5.19. The van der Waals surface area contributed by atoms with Gasteiger partial charge in [-0.25, -0.2) is 13.4 Å². The number of aromatic nitrogens is 1. The number of rotatable bonds is 8. The highest BCUT2D eigenvalue weighted by Crippen LogP contribution is 2.35. The van der Waals surface area contributed by atoms with Crippen LogP contribution in [0.25, 0.3) is 0 Å². The molecule has 7 nitrogen and oxygen atoms in total. The van der Waals surface area contributed by atoms with Crippen LogP contribution in [-0.4, -0.2) is 36.6 Å². The second-order valence-electron chi connectivity index (χ2n) is 7.48. The van der Waals surface area contributed by atoms with E-state index in [2.05, 4.69) is 10.3 Å². The number of hydrogen-bond acceptors (Lipinski definition) is 6. The molecule has 1 amide bonds. The van der Waals surface area contributed by atoms with E-state index in [0.29, 0.717) is 23.2 Å². The van der Waals surface area contributed by atoms with E-state index in [9.17, 15) is 18.0 Å². The number of amides is 1. The Bertz CT molecular complexity index is 977. The zero-order valence-electron chi connectivity index (χ0n) is 16.1. The van der Waals surface area contributed by atoms with Gasteiger partial charge in [0.05, 0.1) is 22.9 Å². The summed E-state index contributed by atoms with van der Waals surface area (Å²) in [5.41, 5.74) is 1.17. The van der Waals surface area contributed by atoms with E-state index in [1.807, 2.05) is 0 Å². The highest BCUT2D eigenvalue weighted by Gasteiger charge is 2.27. The molecule has 1 saturated carbocycles. The lowest BCUT2D eigenvalue weighted by Crippen LogP contribution is -2.23. The van der Waals surface area contributed by atoms with Crippen molar-refractivity contribution in [2.75, 3.05) is 11.6 Å². The van der Waals surface area contributed by atoms with Gasteiger partial charge in [0, 0.05) is 11.6 Å². The summed E-state index contributed by atoms with van der Waals surface area (Å²) in [5, 5.41) is 13.7. The van der Waals surface area contributed by atoms with Crippen LogP contribution in [0.15, 0.2) is 34.5 Å². The Morgan fingerprint density at radius 1 is 1.24 bits per heavy atom. The summed E-state index contributed by atoms with van der Waals surface area (Å²) >= 11 is 1.20. The predicted octanol–water partition coefficient (Wildman–Crippen LogP) is 3.48. The van der Waals surface area contributed by atoms with Crippen LogP contribution in [0.1, 0.15) is 49.3 Å². The number of carbonyl (C=O) groups excluding carboxylic acids is 1. The van der Waals surface area contributed by atoms with Crippen LogP contribution in [-0.2, 0) is 25.8 Å². The molecule has 0 bridgehead atoms. The quantitative estimate of drug-likeness (QED) is 0.655. The van der Waals surface area contributed by atoms with Gasteiger partial charge >= 0.3 is 5.97 Å². The van der Waals surface area contributed by atoms with Gasteiger partial charge in [0.1, 0.15) is 0 Å². The summed E-state index contributed by atoms with van der Waals surface area (Å²) in [7, 11) is -3.30. The third-order valence-corrected chi connectivity index (χ3v) is 7.12. The fourth-order valence-corrected chi connectivity index (χ4v) is 5.06. The van der Waals surface area contributed by atoms with Crippen LogP contribution in [0, 0.1) is 5.92 Å². The molecule has 1 fully saturated rings. The van der Waals surface area contributed by atoms with E-state index in [1.165, 1.54) is 23.5 Å². The summed E-state index contributed by atoms with van der Waals surface area (Å²) in [4.78, 5) is 28.2. The molecular weight excluding hydrogens is 412 g/mol. The molecule has 1 aliphatic rings. The van der Waals surface area contributed by atoms with E-state index in [-0.39, 0.29) is 17.2 Å². The van der Waals surface area contributed by atoms with Crippen LogP contribution >= 0.6 is 11.3 Å². The molecular formula is C20H24N2O5S2. The van der Waals surface area contributed by atoms with E-state index in [0.717, 1.165) is 37.5 Å². The number of carbonyl (C=O) groups is 2. The summed E-state index contributed by atoms with van der Waals surface area (Å²) < 4.78 is 23.4. The Kier molecular flexibility index (Phi) is 6.69. The normalized spacial score (nSPS) is 15.9. The molecule has 1 aliphatic carbocycles. The highest BCUT2D eigenvalue weighted by molar-refractivity contribution is 7.90. The molecule has 2 N–H and O–H groups in total. The zero-order valence-corrected chi connectivity index (χ0v) is 17.8. The Morgan fingerprint density at radius 2 is 1.90 bits per heavy atom. The Morgan fingerprint density at radius 3 is 2.48 bits per heavy atom. The maximum absolute atomic E-state index is 13.0. The van der Waals surface area contributed by atoms with Gasteiger partial charge < -0.3 is 10.4 Å². The maximum Gasteiger partial charge on any atom is 0.309 e. The molecule has 29 heavy (non-hydrogen) atoms. The van der Waals surface area contributed by atoms with Gasteiger partial charge in [-0.2, -0.15) is 0 Å². The van der Waals surface area contributed by atoms with Crippen molar-refractivity contribution in [2.45, 2.75) is 49.3 Å². The first-order valence-corrected chi connectivity index (χ1v) is 12.3. The number of anilines is 1. The second-order valence-corrected chi connectivity index (χ2v) is 10.4. The zero-order chi connectivity index (χ0) is 21.0. The summed E-state index contributed by atoms with van der Waals surface area (Å²) in [6, 6.07) is 6.47. The highest BCUT2D eigenvalue weighted by atomic mass is 32.2. The van der Waals surface area contributed by atoms with E-state index in [1.54, 1.807) is 17.5 Å². The predicted molar refractivity (Wildman–Crippen MR) is 111 cm³/mol. The molecule has 0 aliphatic heterocycles. The standard InChI is InChI=1S/C20H24N2O5S2/c1-29(26,27)16-8-6-14(7-9-16)17(10-13-4-2-3-5-13)19(25)22-20-21-15(12-28-20)11-18(23)24/h6-9,12-13,17H,2-5,10-11H2,1H3,(H,23,24)(H,21,22,25). The SMILES string of the molecule is CS(=O)(=O)c1ccc(C(CC2CCCC2)C(=O)Nc2nc(CC(=O)O)cs2)cc1. The van der Waals surface area contributed by atoms with Gasteiger partial charge in [0.15, 0.2) is 15.0 Å². The van der Waals surface area contributed by atoms with Crippen LogP contribution in [0.3, 0.4) is 0 Å². The molecule has 9 heteroatoms. The number of aliphatic carboxylic acids is 1. The smallest absolute Gasteiger partial charge is 0.309 e. The number of hydrogen-bond donors (Lipinski definition) is 2. The maximum atomic E-state index is 13.0. The number of carboxylic acids is 1. The minimum absolute atomic E-state index is 0.190. The molecule has 2 aromatic rings. The van der Waals surface area contributed by atoms with Gasteiger partial charge in [-0.1, -0.05) is 37.8 Å². The van der Waals surface area contributed by atoms with Crippen molar-refractivity contribution < 1.29 is 23.1 Å². The summed E-state index contributed by atoms with van der Waals surface area (Å²) in [6.45, 7) is 0. The second kappa shape index (κ2) is 9.04. The average Bonchev–Trinajstić information content (AvgIpc) is 3.30. The van der Waals surface area contributed by atoms with E-state index >= 15 is 0 Å². The molecule has 1 unspecified atom stereocenters. The van der Waals surface area contributed by atoms with Gasteiger partial charge in [0.25, 0.3) is 0 Å². The lowest BCUT2D eigenvalue weighted by atomic mass is 9.87. The van der Waals surface area contributed by atoms with Crippen LogP contribution < -0.4 is 5.32 Å². The molecule has 1 heterocycles. The van der Waals surface area contributed by atoms with Gasteiger partial charge in [-0.15, -0.1) is 11.3 Å². The number of nitrogens with one attached hydrogen (secondary N) is 1. The lowest BCUT2D eigenvalue weighted by molar-refractivity contribution is -0.136. The Hall–Kier alpha value is -2.26. The van der Waals surface area contributed by atoms with Crippen molar-refractivity contribution in [2.24, 2.45) is 5.92 Å². The molecule has 1 aromatic carbocycles. The van der Waals surface area contributed by atoms with Crippen molar-refractivity contribution in [3.8, 4) is 0 Å². The van der Waals surface area contributed by atoms with Crippen molar-refractivity contribution in [3.05, 3.63) is 40.9 Å². The third kappa shape index (κ3) is 5.86. The largest absolute Gasteiger partial charge is 0.481 e.